The summed E-state index contributed by atoms with van der Waals surface area (Å²) in [6, 6.07) is 11.4. The van der Waals surface area contributed by atoms with Crippen molar-refractivity contribution in [1.82, 2.24) is 20.0 Å². The highest BCUT2D eigenvalue weighted by atomic mass is 32.1. The van der Waals surface area contributed by atoms with Gasteiger partial charge in [0.05, 0.1) is 28.2 Å². The minimum absolute atomic E-state index is 0.0258. The van der Waals surface area contributed by atoms with E-state index in [0.29, 0.717) is 23.1 Å². The number of anilines is 1. The van der Waals surface area contributed by atoms with Crippen LogP contribution in [0, 0.1) is 6.92 Å². The molecule has 0 aliphatic heterocycles. The first-order valence-electron chi connectivity index (χ1n) is 9.27. The number of hydrogen-bond donors (Lipinski definition) is 1. The molecule has 0 bridgehead atoms. The Kier molecular flexibility index (Phi) is 5.76. The van der Waals surface area contributed by atoms with E-state index in [0.717, 1.165) is 16.0 Å². The van der Waals surface area contributed by atoms with Crippen LogP contribution >= 0.6 is 11.3 Å². The molecule has 0 aliphatic rings. The van der Waals surface area contributed by atoms with Gasteiger partial charge in [-0.1, -0.05) is 16.6 Å². The summed E-state index contributed by atoms with van der Waals surface area (Å²) in [6.45, 7) is 1.25. The first-order valence-corrected chi connectivity index (χ1v) is 10.1. The molecule has 0 saturated heterocycles. The summed E-state index contributed by atoms with van der Waals surface area (Å²) in [4.78, 5) is 17.1. The summed E-state index contributed by atoms with van der Waals surface area (Å²) in [5.74, 6) is 0.309. The fourth-order valence-electron chi connectivity index (χ4n) is 2.92. The van der Waals surface area contributed by atoms with Gasteiger partial charge in [-0.3, -0.25) is 10.1 Å². The van der Waals surface area contributed by atoms with Gasteiger partial charge in [-0.2, -0.15) is 8.78 Å². The lowest BCUT2D eigenvalue weighted by atomic mass is 10.2. The lowest BCUT2D eigenvalue weighted by Crippen LogP contribution is -2.14. The largest absolute Gasteiger partial charge is 0.494 e. The van der Waals surface area contributed by atoms with E-state index in [1.54, 1.807) is 19.1 Å². The number of amides is 1. The highest BCUT2D eigenvalue weighted by molar-refractivity contribution is 7.22. The molecule has 0 radical (unpaired) electrons. The van der Waals surface area contributed by atoms with Crippen molar-refractivity contribution in [3.05, 3.63) is 53.9 Å². The van der Waals surface area contributed by atoms with E-state index >= 15 is 0 Å². The molecule has 8 nitrogen and oxygen atoms in total. The predicted octanol–water partition coefficient (Wildman–Crippen LogP) is 4.44. The number of carbonyl (C=O) groups excluding carboxylic acids is 1. The zero-order valence-electron chi connectivity index (χ0n) is 16.5. The van der Waals surface area contributed by atoms with Gasteiger partial charge in [0, 0.05) is 0 Å². The smallest absolute Gasteiger partial charge is 0.387 e. The van der Waals surface area contributed by atoms with Crippen LogP contribution in [0.25, 0.3) is 15.9 Å². The predicted molar refractivity (Wildman–Crippen MR) is 111 cm³/mol. The van der Waals surface area contributed by atoms with Crippen molar-refractivity contribution in [3.8, 4) is 17.2 Å². The Morgan fingerprint density at radius 1 is 1.19 bits per heavy atom. The monoisotopic (exact) mass is 445 g/mol. The lowest BCUT2D eigenvalue weighted by Gasteiger charge is -2.07. The third kappa shape index (κ3) is 4.45. The molecular weight excluding hydrogens is 428 g/mol. The number of benzene rings is 2. The average molecular weight is 445 g/mol. The van der Waals surface area contributed by atoms with Crippen molar-refractivity contribution in [2.24, 2.45) is 0 Å². The van der Waals surface area contributed by atoms with E-state index < -0.39 is 12.5 Å². The second-order valence-corrected chi connectivity index (χ2v) is 7.37. The van der Waals surface area contributed by atoms with E-state index in [2.05, 4.69) is 25.3 Å². The average Bonchev–Trinajstić information content (AvgIpc) is 3.31. The summed E-state index contributed by atoms with van der Waals surface area (Å²) in [6.07, 6.45) is 0. The van der Waals surface area contributed by atoms with Crippen molar-refractivity contribution >= 4 is 32.6 Å². The van der Waals surface area contributed by atoms with E-state index in [4.69, 9.17) is 4.74 Å². The number of carbonyl (C=O) groups is 1. The summed E-state index contributed by atoms with van der Waals surface area (Å²) < 4.78 is 36.7. The van der Waals surface area contributed by atoms with Crippen LogP contribution in [0.1, 0.15) is 23.1 Å². The third-order valence-electron chi connectivity index (χ3n) is 4.31. The van der Waals surface area contributed by atoms with Crippen LogP contribution in [0.3, 0.4) is 0 Å². The molecule has 4 rings (SSSR count). The SMILES string of the molecule is CCOc1ccc2nc(NC(=O)c3nnn(-c4ccc(OC(F)F)cc4)c3C)sc2c1. The quantitative estimate of drug-likeness (QED) is 0.452. The number of alkyl halides is 2. The summed E-state index contributed by atoms with van der Waals surface area (Å²) in [5, 5.41) is 11.1. The van der Waals surface area contributed by atoms with Crippen LogP contribution in [0.2, 0.25) is 0 Å². The van der Waals surface area contributed by atoms with Gasteiger partial charge < -0.3 is 9.47 Å². The Labute approximate surface area is 179 Å². The molecule has 1 amide bonds. The molecule has 160 valence electrons. The number of thiazole rings is 1. The number of halogens is 2. The van der Waals surface area contributed by atoms with Gasteiger partial charge in [0.1, 0.15) is 11.5 Å². The number of nitrogens with one attached hydrogen (secondary N) is 1. The van der Waals surface area contributed by atoms with Gasteiger partial charge in [-0.25, -0.2) is 9.67 Å². The Hall–Kier alpha value is -3.60. The minimum atomic E-state index is -2.90. The zero-order valence-corrected chi connectivity index (χ0v) is 17.3. The lowest BCUT2D eigenvalue weighted by molar-refractivity contribution is -0.0498. The van der Waals surface area contributed by atoms with E-state index in [-0.39, 0.29) is 11.4 Å². The Bertz CT molecular complexity index is 1220. The van der Waals surface area contributed by atoms with Crippen LogP contribution < -0.4 is 14.8 Å². The highest BCUT2D eigenvalue weighted by Crippen LogP contribution is 2.29. The van der Waals surface area contributed by atoms with E-state index in [9.17, 15) is 13.6 Å². The molecular formula is C20H17F2N5O3S. The van der Waals surface area contributed by atoms with Crippen LogP contribution in [0.15, 0.2) is 42.5 Å². The van der Waals surface area contributed by atoms with Gasteiger partial charge in [-0.15, -0.1) is 5.10 Å². The van der Waals surface area contributed by atoms with Gasteiger partial charge in [0.25, 0.3) is 5.91 Å². The molecule has 4 aromatic rings. The summed E-state index contributed by atoms with van der Waals surface area (Å²) >= 11 is 1.32. The number of ether oxygens (including phenoxy) is 2. The van der Waals surface area contributed by atoms with Gasteiger partial charge in [0.2, 0.25) is 0 Å². The molecule has 1 N–H and O–H groups in total. The maximum atomic E-state index is 12.7. The maximum absolute atomic E-state index is 12.7. The van der Waals surface area contributed by atoms with Gasteiger partial charge in [0.15, 0.2) is 10.8 Å². The third-order valence-corrected chi connectivity index (χ3v) is 5.24. The van der Waals surface area contributed by atoms with Crippen molar-refractivity contribution in [2.45, 2.75) is 20.5 Å². The number of rotatable bonds is 7. The molecule has 0 fully saturated rings. The fraction of sp³-hybridized carbons (Fsp3) is 0.200. The molecule has 2 aromatic heterocycles. The van der Waals surface area contributed by atoms with Gasteiger partial charge in [-0.05, 0) is 56.3 Å². The molecule has 11 heteroatoms. The van der Waals surface area contributed by atoms with Crippen molar-refractivity contribution in [3.63, 3.8) is 0 Å². The molecule has 0 spiro atoms. The number of hydrogen-bond acceptors (Lipinski definition) is 7. The molecule has 31 heavy (non-hydrogen) atoms. The normalized spacial score (nSPS) is 11.1. The molecule has 0 atom stereocenters. The van der Waals surface area contributed by atoms with Crippen LogP contribution in [-0.2, 0) is 0 Å². The molecule has 2 aromatic carbocycles. The Morgan fingerprint density at radius 2 is 1.94 bits per heavy atom. The van der Waals surface area contributed by atoms with Crippen LogP contribution in [0.5, 0.6) is 11.5 Å². The second kappa shape index (κ2) is 8.64. The van der Waals surface area contributed by atoms with Crippen molar-refractivity contribution in [1.29, 1.82) is 0 Å². The zero-order chi connectivity index (χ0) is 22.0. The summed E-state index contributed by atoms with van der Waals surface area (Å²) in [5.41, 5.74) is 1.91. The van der Waals surface area contributed by atoms with E-state index in [1.165, 1.54) is 28.2 Å². The van der Waals surface area contributed by atoms with Crippen LogP contribution in [-0.4, -0.2) is 39.1 Å². The number of aromatic nitrogens is 4. The standard InChI is InChI=1S/C20H17F2N5O3S/c1-3-29-14-8-9-15-16(10-14)31-20(23-15)24-18(28)17-11(2)27(26-25-17)12-4-6-13(7-5-12)30-19(21)22/h4-10,19H,3H2,1-2H3,(H,23,24,28). The number of nitrogens with zero attached hydrogens (tertiary/aromatic N) is 4. The van der Waals surface area contributed by atoms with Crippen molar-refractivity contribution in [2.75, 3.05) is 11.9 Å². The van der Waals surface area contributed by atoms with E-state index in [1.807, 2.05) is 25.1 Å². The molecule has 2 heterocycles. The second-order valence-electron chi connectivity index (χ2n) is 6.34. The molecule has 0 saturated carbocycles. The highest BCUT2D eigenvalue weighted by Gasteiger charge is 2.19. The van der Waals surface area contributed by atoms with Crippen LogP contribution in [0.4, 0.5) is 13.9 Å². The van der Waals surface area contributed by atoms with Crippen molar-refractivity contribution < 1.29 is 23.0 Å². The first-order chi connectivity index (χ1) is 14.9. The Morgan fingerprint density at radius 3 is 2.65 bits per heavy atom. The topological polar surface area (TPSA) is 91.2 Å². The minimum Gasteiger partial charge on any atom is -0.494 e. The molecule has 0 unspecified atom stereocenters. The fourth-order valence-corrected chi connectivity index (χ4v) is 3.81. The molecule has 0 aliphatic carbocycles. The summed E-state index contributed by atoms with van der Waals surface area (Å²) in [7, 11) is 0. The van der Waals surface area contributed by atoms with Gasteiger partial charge >= 0.3 is 6.61 Å². The number of fused-ring (bicyclic) bond motifs is 1. The maximum Gasteiger partial charge on any atom is 0.387 e. The first kappa shape index (κ1) is 20.7. The Balaban J connectivity index is 1.52.